The summed E-state index contributed by atoms with van der Waals surface area (Å²) in [5.41, 5.74) is 0. The zero-order chi connectivity index (χ0) is 14.4. The molecule has 2 unspecified atom stereocenters. The summed E-state index contributed by atoms with van der Waals surface area (Å²) in [5, 5.41) is 0. The second-order valence-electron chi connectivity index (χ2n) is 5.45. The van der Waals surface area contributed by atoms with Gasteiger partial charge >= 0.3 is 0 Å². The maximum atomic E-state index is 12.7. The predicted octanol–water partition coefficient (Wildman–Crippen LogP) is 2.86. The zero-order valence-corrected chi connectivity index (χ0v) is 12.4. The first-order chi connectivity index (χ1) is 9.43. The Labute approximate surface area is 119 Å². The van der Waals surface area contributed by atoms with E-state index in [2.05, 4.69) is 0 Å². The molecule has 0 spiro atoms. The molecule has 108 valence electrons. The van der Waals surface area contributed by atoms with Crippen molar-refractivity contribution in [3.8, 4) is 0 Å². The molecule has 2 atom stereocenters. The van der Waals surface area contributed by atoms with Crippen LogP contribution in [0, 0.1) is 5.92 Å². The van der Waals surface area contributed by atoms with Crippen LogP contribution in [0.1, 0.15) is 26.7 Å². The van der Waals surface area contributed by atoms with Gasteiger partial charge in [0, 0.05) is 12.8 Å². The number of sulfone groups is 1. The number of benzene rings is 1. The van der Waals surface area contributed by atoms with Gasteiger partial charge < -0.3 is 9.47 Å². The fraction of sp³-hybridized carbons (Fsp3) is 0.467. The maximum Gasteiger partial charge on any atom is 0.210 e. The third kappa shape index (κ3) is 2.05. The van der Waals surface area contributed by atoms with Crippen molar-refractivity contribution in [2.75, 3.05) is 6.61 Å². The van der Waals surface area contributed by atoms with Gasteiger partial charge in [-0.2, -0.15) is 0 Å². The fourth-order valence-corrected chi connectivity index (χ4v) is 4.59. The molecule has 0 saturated carbocycles. The molecule has 0 bridgehead atoms. The molecule has 3 rings (SSSR count). The molecule has 2 aliphatic rings. The molecule has 0 aromatic heterocycles. The van der Waals surface area contributed by atoms with Gasteiger partial charge in [0.05, 0.1) is 16.4 Å². The zero-order valence-electron chi connectivity index (χ0n) is 11.6. The van der Waals surface area contributed by atoms with Crippen LogP contribution in [-0.4, -0.2) is 20.8 Å². The fourth-order valence-electron chi connectivity index (χ4n) is 2.95. The van der Waals surface area contributed by atoms with Crippen molar-refractivity contribution in [2.45, 2.75) is 37.4 Å². The Hall–Kier alpha value is -1.33. The number of ether oxygens (including phenoxy) is 2. The molecular formula is C15H18O4S. The highest BCUT2D eigenvalue weighted by atomic mass is 32.2. The minimum atomic E-state index is -3.48. The number of hydrogen-bond acceptors (Lipinski definition) is 4. The minimum Gasteiger partial charge on any atom is -0.466 e. The molecule has 4 nitrogen and oxygen atoms in total. The lowest BCUT2D eigenvalue weighted by molar-refractivity contribution is -0.200. The molecule has 1 saturated heterocycles. The molecule has 1 aromatic carbocycles. The SMILES string of the molecule is CC1=C(S(=O)(=O)c2ccccc2)CC2CCOC2(C)O1. The maximum absolute atomic E-state index is 12.7. The van der Waals surface area contributed by atoms with E-state index >= 15 is 0 Å². The smallest absolute Gasteiger partial charge is 0.210 e. The van der Waals surface area contributed by atoms with Crippen molar-refractivity contribution in [1.29, 1.82) is 0 Å². The summed E-state index contributed by atoms with van der Waals surface area (Å²) in [6.07, 6.45) is 1.32. The first-order valence-corrected chi connectivity index (χ1v) is 8.25. The Balaban J connectivity index is 2.02. The van der Waals surface area contributed by atoms with Crippen molar-refractivity contribution < 1.29 is 17.9 Å². The standard InChI is InChI=1S/C15H18O4S/c1-11-14(10-12-8-9-18-15(12,2)19-11)20(16,17)13-6-4-3-5-7-13/h3-7,12H,8-10H2,1-2H3. The van der Waals surface area contributed by atoms with Crippen LogP contribution in [0.4, 0.5) is 0 Å². The van der Waals surface area contributed by atoms with Crippen molar-refractivity contribution in [1.82, 2.24) is 0 Å². The van der Waals surface area contributed by atoms with Gasteiger partial charge in [-0.05, 0) is 31.9 Å². The lowest BCUT2D eigenvalue weighted by Crippen LogP contribution is -2.39. The molecule has 0 radical (unpaired) electrons. The van der Waals surface area contributed by atoms with Gasteiger partial charge in [0.1, 0.15) is 5.76 Å². The van der Waals surface area contributed by atoms with E-state index in [0.717, 1.165) is 6.42 Å². The summed E-state index contributed by atoms with van der Waals surface area (Å²) >= 11 is 0. The molecular weight excluding hydrogens is 276 g/mol. The van der Waals surface area contributed by atoms with Gasteiger partial charge in [0.15, 0.2) is 0 Å². The minimum absolute atomic E-state index is 0.0969. The summed E-state index contributed by atoms with van der Waals surface area (Å²) < 4.78 is 36.9. The van der Waals surface area contributed by atoms with Crippen molar-refractivity contribution in [3.63, 3.8) is 0 Å². The van der Waals surface area contributed by atoms with Crippen LogP contribution in [0.2, 0.25) is 0 Å². The average molecular weight is 294 g/mol. The van der Waals surface area contributed by atoms with Crippen LogP contribution >= 0.6 is 0 Å². The number of rotatable bonds is 2. The summed E-state index contributed by atoms with van der Waals surface area (Å²) in [7, 11) is -3.48. The molecule has 1 aromatic rings. The van der Waals surface area contributed by atoms with Crippen LogP contribution in [0.25, 0.3) is 0 Å². The van der Waals surface area contributed by atoms with E-state index in [0.29, 0.717) is 28.6 Å². The largest absolute Gasteiger partial charge is 0.466 e. The highest BCUT2D eigenvalue weighted by Gasteiger charge is 2.48. The Morgan fingerprint density at radius 1 is 1.25 bits per heavy atom. The summed E-state index contributed by atoms with van der Waals surface area (Å²) in [6, 6.07) is 8.51. The Bertz CT molecular complexity index is 648. The predicted molar refractivity (Wildman–Crippen MR) is 74.5 cm³/mol. The number of allylic oxidation sites excluding steroid dienone is 2. The molecule has 0 aliphatic carbocycles. The van der Waals surface area contributed by atoms with Gasteiger partial charge in [-0.3, -0.25) is 0 Å². The molecule has 1 fully saturated rings. The van der Waals surface area contributed by atoms with E-state index in [9.17, 15) is 8.42 Å². The monoisotopic (exact) mass is 294 g/mol. The summed E-state index contributed by atoms with van der Waals surface area (Å²) in [5.74, 6) is -0.117. The molecule has 20 heavy (non-hydrogen) atoms. The van der Waals surface area contributed by atoms with Crippen molar-refractivity contribution in [2.24, 2.45) is 5.92 Å². The number of fused-ring (bicyclic) bond motifs is 1. The lowest BCUT2D eigenvalue weighted by Gasteiger charge is -2.36. The van der Waals surface area contributed by atoms with E-state index in [1.165, 1.54) is 0 Å². The first kappa shape index (κ1) is 13.6. The van der Waals surface area contributed by atoms with E-state index < -0.39 is 15.6 Å². The molecule has 0 N–H and O–H groups in total. The van der Waals surface area contributed by atoms with Crippen LogP contribution in [0.15, 0.2) is 45.9 Å². The van der Waals surface area contributed by atoms with E-state index in [1.807, 2.05) is 6.92 Å². The second kappa shape index (κ2) is 4.60. The molecule has 0 amide bonds. The Kier molecular flexibility index (Phi) is 3.14. The third-order valence-corrected chi connectivity index (χ3v) is 6.15. The van der Waals surface area contributed by atoms with Crippen LogP contribution < -0.4 is 0 Å². The first-order valence-electron chi connectivity index (χ1n) is 6.76. The van der Waals surface area contributed by atoms with Gasteiger partial charge in [-0.1, -0.05) is 18.2 Å². The second-order valence-corrected chi connectivity index (χ2v) is 7.42. The highest BCUT2D eigenvalue weighted by molar-refractivity contribution is 7.95. The lowest BCUT2D eigenvalue weighted by atomic mass is 9.93. The third-order valence-electron chi connectivity index (χ3n) is 4.15. The topological polar surface area (TPSA) is 52.6 Å². The Morgan fingerprint density at radius 3 is 2.65 bits per heavy atom. The summed E-state index contributed by atoms with van der Waals surface area (Å²) in [6.45, 7) is 4.21. The summed E-state index contributed by atoms with van der Waals surface area (Å²) in [4.78, 5) is 0.706. The van der Waals surface area contributed by atoms with Gasteiger partial charge in [-0.25, -0.2) is 8.42 Å². The average Bonchev–Trinajstić information content (AvgIpc) is 2.79. The molecule has 2 aliphatic heterocycles. The van der Waals surface area contributed by atoms with Crippen LogP contribution in [0.3, 0.4) is 0 Å². The Morgan fingerprint density at radius 2 is 1.95 bits per heavy atom. The van der Waals surface area contributed by atoms with Gasteiger partial charge in [0.2, 0.25) is 15.6 Å². The van der Waals surface area contributed by atoms with Crippen molar-refractivity contribution in [3.05, 3.63) is 41.0 Å². The quantitative estimate of drug-likeness (QED) is 0.841. The van der Waals surface area contributed by atoms with Crippen LogP contribution in [-0.2, 0) is 19.3 Å². The van der Waals surface area contributed by atoms with Gasteiger partial charge in [0.25, 0.3) is 0 Å². The van der Waals surface area contributed by atoms with Crippen LogP contribution in [0.5, 0.6) is 0 Å². The van der Waals surface area contributed by atoms with E-state index in [4.69, 9.17) is 9.47 Å². The van der Waals surface area contributed by atoms with E-state index in [1.54, 1.807) is 37.3 Å². The van der Waals surface area contributed by atoms with E-state index in [-0.39, 0.29) is 5.92 Å². The highest BCUT2D eigenvalue weighted by Crippen LogP contribution is 2.45. The van der Waals surface area contributed by atoms with Gasteiger partial charge in [-0.15, -0.1) is 0 Å². The molecule has 5 heteroatoms. The normalized spacial score (nSPS) is 30.0. The molecule has 2 heterocycles. The number of hydrogen-bond donors (Lipinski definition) is 0. The van der Waals surface area contributed by atoms with Crippen molar-refractivity contribution >= 4 is 9.84 Å².